The van der Waals surface area contributed by atoms with Crippen LogP contribution in [-0.4, -0.2) is 178 Å². The number of carbonyl (C=O) groups excluding carboxylic acids is 1. The quantitative estimate of drug-likeness (QED) is 0.0868. The maximum absolute atomic E-state index is 14.6. The third-order valence-corrected chi connectivity index (χ3v) is 15.2. The molecule has 0 amide bonds. The summed E-state index contributed by atoms with van der Waals surface area (Å²) in [7, 11) is 5.29. The number of likely N-dealkylation sites (N-methyl/N-ethyl adjacent to an activating group) is 1. The first-order chi connectivity index (χ1) is 31.8. The molecular weight excluding hydrogens is 893 g/mol. The minimum Gasteiger partial charge on any atom is -0.459 e. The van der Waals surface area contributed by atoms with Crippen molar-refractivity contribution in [2.24, 2.45) is 17.8 Å². The summed E-state index contributed by atoms with van der Waals surface area (Å²) in [6.07, 6.45) is -8.19. The van der Waals surface area contributed by atoms with Crippen LogP contribution >= 0.6 is 12.2 Å². The number of rotatable bonds is 12. The highest BCUT2D eigenvalue weighted by molar-refractivity contribution is 7.80. The second-order valence-corrected chi connectivity index (χ2v) is 21.4. The molecule has 2 aromatic rings. The number of carbonyl (C=O) groups is 1. The van der Waals surface area contributed by atoms with Gasteiger partial charge in [0.25, 0.3) is 0 Å². The molecule has 0 aliphatic carbocycles. The first-order valence-corrected chi connectivity index (χ1v) is 25.0. The summed E-state index contributed by atoms with van der Waals surface area (Å²) >= 11 is 5.71. The maximum Gasteiger partial charge on any atom is 0.311 e. The molecule has 17 heteroatoms. The smallest absolute Gasteiger partial charge is 0.311 e. The lowest BCUT2D eigenvalue weighted by molar-refractivity contribution is -0.318. The van der Waals surface area contributed by atoms with Crippen molar-refractivity contribution in [3.63, 3.8) is 0 Å². The number of benzene rings is 2. The van der Waals surface area contributed by atoms with Gasteiger partial charge in [0.05, 0.1) is 41.5 Å². The number of nitrogens with one attached hydrogen (secondary N) is 2. The van der Waals surface area contributed by atoms with Crippen molar-refractivity contribution in [1.82, 2.24) is 15.1 Å². The van der Waals surface area contributed by atoms with Crippen LogP contribution in [0.15, 0.2) is 42.5 Å². The number of aliphatic hydroxyl groups is 5. The van der Waals surface area contributed by atoms with E-state index >= 15 is 0 Å². The van der Waals surface area contributed by atoms with E-state index in [0.717, 1.165) is 16.5 Å². The number of aliphatic hydroxyl groups excluding tert-OH is 3. The summed E-state index contributed by atoms with van der Waals surface area (Å²) in [6.45, 7) is 19.1. The van der Waals surface area contributed by atoms with E-state index in [4.69, 9.17) is 40.6 Å². The number of ether oxygens (including phenoxy) is 6. The zero-order chi connectivity index (χ0) is 50.5. The van der Waals surface area contributed by atoms with Crippen molar-refractivity contribution in [3.8, 4) is 0 Å². The van der Waals surface area contributed by atoms with Gasteiger partial charge in [0.1, 0.15) is 30.0 Å². The van der Waals surface area contributed by atoms with Crippen molar-refractivity contribution in [2.45, 2.75) is 192 Å². The SMILES string of the molecule is CC[C@H]1OC(=O)[C@H](C)[C@@H](O[C@H]2C[C@@](C)(OC)[C@@H](O)[C@H](C)O2)[C@H](C)[C@@H](O[C@@H]2O[C@H](C)C[C@H](N(C)C)[C@H]2O)[C@](C)(O)C[C@@H](C)CN(CCCNC(=S)Nc2cccc3ccccc23)[C@H](C)[C@@H](O)[C@]1(C)O. The number of cyclic esters (lactones) is 1. The average molecular weight is 977 g/mol. The highest BCUT2D eigenvalue weighted by atomic mass is 32.1. The van der Waals surface area contributed by atoms with Crippen LogP contribution in [0.1, 0.15) is 101 Å². The van der Waals surface area contributed by atoms with Crippen molar-refractivity contribution in [1.29, 1.82) is 0 Å². The summed E-state index contributed by atoms with van der Waals surface area (Å²) in [5, 5.41) is 69.4. The summed E-state index contributed by atoms with van der Waals surface area (Å²) < 4.78 is 38.2. The standard InChI is InChI=1S/C51H84N4O12S/c1-14-39-51(10,61)43(57)33(6)55(24-18-23-52-48(68)53-37-22-17-20-35-19-15-16-21-36(35)37)28-29(2)26-49(8,60)45(67-47-41(56)38(54(11)12)25-30(3)63-47)31(4)42(32(5)46(59)65-39)66-40-27-50(9,62-13)44(58)34(7)64-40/h15-17,19-22,29-34,38-45,47,56-58,60-61H,14,18,23-28H2,1-13H3,(H2,52,53,68)/t29-,30-,31+,32-,33-,34+,38+,39-,40+,41-,42+,43-,44+,45-,47+,49-,50-,51-/m1/s1. The monoisotopic (exact) mass is 977 g/mol. The fourth-order valence-corrected chi connectivity index (χ4v) is 11.1. The molecule has 5 rings (SSSR count). The molecule has 0 aromatic heterocycles. The van der Waals surface area contributed by atoms with Crippen LogP contribution in [0, 0.1) is 17.8 Å². The number of fused-ring (bicyclic) bond motifs is 1. The molecule has 3 aliphatic rings. The molecule has 7 N–H and O–H groups in total. The number of methoxy groups -OCH3 is 1. The van der Waals surface area contributed by atoms with Crippen LogP contribution in [0.2, 0.25) is 0 Å². The third kappa shape index (κ3) is 13.3. The van der Waals surface area contributed by atoms with Crippen molar-refractivity contribution in [3.05, 3.63) is 42.5 Å². The zero-order valence-electron chi connectivity index (χ0n) is 42.8. The highest BCUT2D eigenvalue weighted by Crippen LogP contribution is 2.40. The van der Waals surface area contributed by atoms with Gasteiger partial charge >= 0.3 is 5.97 Å². The molecule has 68 heavy (non-hydrogen) atoms. The van der Waals surface area contributed by atoms with E-state index in [9.17, 15) is 30.3 Å². The van der Waals surface area contributed by atoms with Gasteiger partial charge in [0.15, 0.2) is 17.7 Å². The number of anilines is 1. The molecule has 16 nitrogen and oxygen atoms in total. The fraction of sp³-hybridized carbons (Fsp3) is 0.765. The Labute approximate surface area is 410 Å². The van der Waals surface area contributed by atoms with E-state index in [1.54, 1.807) is 34.6 Å². The molecular formula is C51H84N4O12S. The Balaban J connectivity index is 1.48. The highest BCUT2D eigenvalue weighted by Gasteiger charge is 2.53. The predicted octanol–water partition coefficient (Wildman–Crippen LogP) is 4.80. The second-order valence-electron chi connectivity index (χ2n) is 21.0. The van der Waals surface area contributed by atoms with Gasteiger partial charge in [-0.3, -0.25) is 9.69 Å². The van der Waals surface area contributed by atoms with E-state index in [-0.39, 0.29) is 37.3 Å². The van der Waals surface area contributed by atoms with Gasteiger partial charge in [-0.25, -0.2) is 0 Å². The van der Waals surface area contributed by atoms with E-state index in [0.29, 0.717) is 37.6 Å². The summed E-state index contributed by atoms with van der Waals surface area (Å²) in [5.74, 6) is -2.79. The topological polar surface area (TPSA) is 204 Å². The van der Waals surface area contributed by atoms with Gasteiger partial charge in [-0.2, -0.15) is 0 Å². The first-order valence-electron chi connectivity index (χ1n) is 24.6. The van der Waals surface area contributed by atoms with Crippen LogP contribution in [0.25, 0.3) is 10.8 Å². The molecule has 2 aromatic carbocycles. The normalized spacial score (nSPS) is 40.6. The number of thiocarbonyl (C=S) groups is 1. The van der Waals surface area contributed by atoms with Crippen LogP contribution < -0.4 is 10.6 Å². The molecule has 386 valence electrons. The molecule has 0 bridgehead atoms. The van der Waals surface area contributed by atoms with Gasteiger partial charge in [0.2, 0.25) is 0 Å². The Kier molecular flexibility index (Phi) is 19.7. The minimum atomic E-state index is -1.89. The Morgan fingerprint density at radius 2 is 1.62 bits per heavy atom. The van der Waals surface area contributed by atoms with E-state index < -0.39 is 96.0 Å². The van der Waals surface area contributed by atoms with Gasteiger partial charge in [0, 0.05) is 62.2 Å². The van der Waals surface area contributed by atoms with Crippen molar-refractivity contribution < 1.29 is 58.7 Å². The Bertz CT molecular complexity index is 1940. The first kappa shape index (κ1) is 56.3. The predicted molar refractivity (Wildman–Crippen MR) is 266 cm³/mol. The Morgan fingerprint density at radius 1 is 0.941 bits per heavy atom. The van der Waals surface area contributed by atoms with Gasteiger partial charge in [-0.1, -0.05) is 57.2 Å². The number of esters is 1. The minimum absolute atomic E-state index is 0.111. The lowest BCUT2D eigenvalue weighted by Crippen LogP contribution is -2.60. The average Bonchev–Trinajstić information content (AvgIpc) is 3.28. The lowest BCUT2D eigenvalue weighted by atomic mass is 9.77. The van der Waals surface area contributed by atoms with E-state index in [2.05, 4.69) is 15.5 Å². The number of hydrogen-bond donors (Lipinski definition) is 7. The zero-order valence-corrected chi connectivity index (χ0v) is 43.6. The summed E-state index contributed by atoms with van der Waals surface area (Å²) in [4.78, 5) is 18.6. The van der Waals surface area contributed by atoms with Gasteiger partial charge in [-0.15, -0.1) is 0 Å². The van der Waals surface area contributed by atoms with Crippen LogP contribution in [0.4, 0.5) is 5.69 Å². The second kappa shape index (κ2) is 23.7. The summed E-state index contributed by atoms with van der Waals surface area (Å²) in [6, 6.07) is 13.1. The Hall–Kier alpha value is -2.62. The van der Waals surface area contributed by atoms with Crippen molar-refractivity contribution >= 4 is 39.8 Å². The Morgan fingerprint density at radius 3 is 2.28 bits per heavy atom. The largest absolute Gasteiger partial charge is 0.459 e. The molecule has 3 fully saturated rings. The molecule has 0 spiro atoms. The molecule has 0 saturated carbocycles. The van der Waals surface area contributed by atoms with Crippen LogP contribution in [0.3, 0.4) is 0 Å². The lowest BCUT2D eigenvalue weighted by Gasteiger charge is -2.48. The van der Waals surface area contributed by atoms with Crippen LogP contribution in [-0.2, 0) is 33.2 Å². The van der Waals surface area contributed by atoms with Crippen LogP contribution in [0.5, 0.6) is 0 Å². The van der Waals surface area contributed by atoms with Gasteiger partial charge in [-0.05, 0) is 118 Å². The molecule has 0 radical (unpaired) electrons. The number of nitrogens with zero attached hydrogens (tertiary/aromatic N) is 2. The van der Waals surface area contributed by atoms with E-state index in [1.165, 1.54) is 14.0 Å². The fourth-order valence-electron chi connectivity index (χ4n) is 10.9. The number of hydrogen-bond acceptors (Lipinski definition) is 15. The van der Waals surface area contributed by atoms with Crippen molar-refractivity contribution in [2.75, 3.05) is 46.2 Å². The molecule has 3 heterocycles. The van der Waals surface area contributed by atoms with E-state index in [1.807, 2.05) is 89.2 Å². The molecule has 3 saturated heterocycles. The van der Waals surface area contributed by atoms with Gasteiger partial charge < -0.3 is 69.5 Å². The molecule has 0 unspecified atom stereocenters. The summed E-state index contributed by atoms with van der Waals surface area (Å²) in [5.41, 5.74) is -3.68. The maximum atomic E-state index is 14.6. The molecule has 18 atom stereocenters. The third-order valence-electron chi connectivity index (χ3n) is 15.0. The molecule has 3 aliphatic heterocycles.